The molecule has 0 fully saturated rings. The highest BCUT2D eigenvalue weighted by Crippen LogP contribution is 2.24. The minimum atomic E-state index is -0.483. The average Bonchev–Trinajstić information content (AvgIpc) is 3.30. The minimum Gasteiger partial charge on any atom is -0.465 e. The third kappa shape index (κ3) is 3.74. The number of carbonyl (C=O) groups excluding carboxylic acids is 4. The fraction of sp³-hybridized carbons (Fsp3) is 0.250. The van der Waals surface area contributed by atoms with Crippen LogP contribution in [-0.4, -0.2) is 46.8 Å². The molecule has 2 aromatic carbocycles. The molecule has 2 amide bonds. The van der Waals surface area contributed by atoms with Crippen molar-refractivity contribution in [1.82, 2.24) is 9.47 Å². The molecule has 0 saturated carbocycles. The number of hydrogen-bond donors (Lipinski definition) is 0. The van der Waals surface area contributed by atoms with Crippen molar-refractivity contribution in [2.24, 2.45) is 0 Å². The number of rotatable bonds is 7. The number of aromatic nitrogens is 1. The van der Waals surface area contributed by atoms with Crippen molar-refractivity contribution in [3.05, 3.63) is 71.4 Å². The molecule has 0 unspecified atom stereocenters. The Kier molecular flexibility index (Phi) is 5.66. The molecule has 3 aromatic rings. The van der Waals surface area contributed by atoms with Gasteiger partial charge in [-0.25, -0.2) is 4.79 Å². The minimum absolute atomic E-state index is 0.118. The van der Waals surface area contributed by atoms with E-state index in [0.717, 1.165) is 0 Å². The van der Waals surface area contributed by atoms with Crippen LogP contribution in [-0.2, 0) is 4.74 Å². The Morgan fingerprint density at radius 1 is 0.871 bits per heavy atom. The lowest BCUT2D eigenvalue weighted by molar-refractivity contribution is 0.0600. The van der Waals surface area contributed by atoms with Gasteiger partial charge in [-0.05, 0) is 31.0 Å². The van der Waals surface area contributed by atoms with Crippen molar-refractivity contribution in [2.75, 3.05) is 13.7 Å². The summed E-state index contributed by atoms with van der Waals surface area (Å²) in [6, 6.07) is 14.0. The lowest BCUT2D eigenvalue weighted by atomic mass is 10.1. The van der Waals surface area contributed by atoms with Gasteiger partial charge < -0.3 is 4.74 Å². The van der Waals surface area contributed by atoms with E-state index in [1.165, 1.54) is 22.8 Å². The highest BCUT2D eigenvalue weighted by Gasteiger charge is 2.34. The topological polar surface area (TPSA) is 85.7 Å². The molecule has 31 heavy (non-hydrogen) atoms. The van der Waals surface area contributed by atoms with Gasteiger partial charge in [0.2, 0.25) is 5.91 Å². The second-order valence-electron chi connectivity index (χ2n) is 7.43. The summed E-state index contributed by atoms with van der Waals surface area (Å²) < 4.78 is 6.31. The van der Waals surface area contributed by atoms with Gasteiger partial charge in [-0.1, -0.05) is 36.8 Å². The maximum atomic E-state index is 12.7. The average molecular weight is 418 g/mol. The number of hydrogen-bond acceptors (Lipinski definition) is 5. The van der Waals surface area contributed by atoms with E-state index in [1.807, 2.05) is 12.1 Å². The zero-order valence-corrected chi connectivity index (χ0v) is 17.2. The van der Waals surface area contributed by atoms with Crippen LogP contribution in [0.1, 0.15) is 61.6 Å². The Bertz CT molecular complexity index is 1160. The fourth-order valence-electron chi connectivity index (χ4n) is 3.94. The standard InChI is InChI=1S/C24H22N2O5/c1-31-24(30)19-15-26(20-12-7-6-9-16(19)20)21(27)13-3-2-8-14-25-22(28)17-10-4-5-11-18(17)23(25)29/h4-7,9-12,15H,2-3,8,13-14H2,1H3. The zero-order chi connectivity index (χ0) is 22.0. The Labute approximate surface area is 179 Å². The van der Waals surface area contributed by atoms with Crippen molar-refractivity contribution in [1.29, 1.82) is 0 Å². The Morgan fingerprint density at radius 2 is 1.52 bits per heavy atom. The highest BCUT2D eigenvalue weighted by molar-refractivity contribution is 6.21. The van der Waals surface area contributed by atoms with Gasteiger partial charge in [0.05, 0.1) is 29.3 Å². The zero-order valence-electron chi connectivity index (χ0n) is 17.2. The first-order valence-corrected chi connectivity index (χ1v) is 10.2. The summed E-state index contributed by atoms with van der Waals surface area (Å²) in [5.41, 5.74) is 1.92. The summed E-state index contributed by atoms with van der Waals surface area (Å²) in [6.07, 6.45) is 3.75. The first-order chi connectivity index (χ1) is 15.0. The summed E-state index contributed by atoms with van der Waals surface area (Å²) >= 11 is 0. The van der Waals surface area contributed by atoms with Gasteiger partial charge in [-0.2, -0.15) is 0 Å². The second kappa shape index (κ2) is 8.55. The largest absolute Gasteiger partial charge is 0.465 e. The van der Waals surface area contributed by atoms with Gasteiger partial charge in [-0.3, -0.25) is 23.9 Å². The van der Waals surface area contributed by atoms with E-state index < -0.39 is 5.97 Å². The van der Waals surface area contributed by atoms with Crippen molar-refractivity contribution >= 4 is 34.6 Å². The normalized spacial score (nSPS) is 13.0. The Balaban J connectivity index is 1.33. The molecule has 0 radical (unpaired) electrons. The molecule has 7 heteroatoms. The van der Waals surface area contributed by atoms with Gasteiger partial charge >= 0.3 is 5.97 Å². The first kappa shape index (κ1) is 20.5. The van der Waals surface area contributed by atoms with Crippen LogP contribution >= 0.6 is 0 Å². The predicted molar refractivity (Wildman–Crippen MR) is 114 cm³/mol. The van der Waals surface area contributed by atoms with Crippen LogP contribution in [0.15, 0.2) is 54.7 Å². The van der Waals surface area contributed by atoms with Crippen LogP contribution in [0.5, 0.6) is 0 Å². The van der Waals surface area contributed by atoms with E-state index in [9.17, 15) is 19.2 Å². The molecule has 1 aliphatic heterocycles. The highest BCUT2D eigenvalue weighted by atomic mass is 16.5. The molecular weight excluding hydrogens is 396 g/mol. The summed E-state index contributed by atoms with van der Waals surface area (Å²) in [5, 5.41) is 0.674. The number of carbonyl (C=O) groups is 4. The number of benzene rings is 2. The van der Waals surface area contributed by atoms with E-state index in [4.69, 9.17) is 4.74 Å². The molecule has 0 N–H and O–H groups in total. The van der Waals surface area contributed by atoms with Crippen LogP contribution in [0.3, 0.4) is 0 Å². The molecule has 158 valence electrons. The van der Waals surface area contributed by atoms with Gasteiger partial charge in [0.25, 0.3) is 11.8 Å². The van der Waals surface area contributed by atoms with E-state index in [2.05, 4.69) is 0 Å². The van der Waals surface area contributed by atoms with E-state index in [1.54, 1.807) is 36.4 Å². The van der Waals surface area contributed by atoms with Gasteiger partial charge in [0.1, 0.15) is 0 Å². The molecule has 7 nitrogen and oxygen atoms in total. The van der Waals surface area contributed by atoms with Crippen LogP contribution in [0.4, 0.5) is 0 Å². The monoisotopic (exact) mass is 418 g/mol. The number of unbranched alkanes of at least 4 members (excludes halogenated alkanes) is 2. The molecule has 0 spiro atoms. The number of amides is 2. The molecular formula is C24H22N2O5. The number of methoxy groups -OCH3 is 1. The third-order valence-corrected chi connectivity index (χ3v) is 5.54. The lowest BCUT2D eigenvalue weighted by Gasteiger charge is -2.13. The van der Waals surface area contributed by atoms with Gasteiger partial charge in [-0.15, -0.1) is 0 Å². The molecule has 0 saturated heterocycles. The molecule has 0 bridgehead atoms. The van der Waals surface area contributed by atoms with Crippen LogP contribution in [0, 0.1) is 0 Å². The number of fused-ring (bicyclic) bond motifs is 2. The third-order valence-electron chi connectivity index (χ3n) is 5.54. The number of para-hydroxylation sites is 1. The van der Waals surface area contributed by atoms with Crippen molar-refractivity contribution < 1.29 is 23.9 Å². The molecule has 4 rings (SSSR count). The van der Waals surface area contributed by atoms with Crippen LogP contribution in [0.25, 0.3) is 10.9 Å². The Morgan fingerprint density at radius 3 is 2.19 bits per heavy atom. The maximum Gasteiger partial charge on any atom is 0.340 e. The van der Waals surface area contributed by atoms with E-state index >= 15 is 0 Å². The summed E-state index contributed by atoms with van der Waals surface area (Å²) in [7, 11) is 1.31. The fourth-order valence-corrected chi connectivity index (χ4v) is 3.94. The maximum absolute atomic E-state index is 12.7. The van der Waals surface area contributed by atoms with E-state index in [0.29, 0.717) is 59.8 Å². The number of ether oxygens (including phenoxy) is 1. The van der Waals surface area contributed by atoms with Crippen molar-refractivity contribution in [2.45, 2.75) is 25.7 Å². The summed E-state index contributed by atoms with van der Waals surface area (Å²) in [5.74, 6) is -1.12. The van der Waals surface area contributed by atoms with Crippen LogP contribution in [0.2, 0.25) is 0 Å². The van der Waals surface area contributed by atoms with Crippen molar-refractivity contribution in [3.8, 4) is 0 Å². The van der Waals surface area contributed by atoms with Gasteiger partial charge in [0.15, 0.2) is 0 Å². The lowest BCUT2D eigenvalue weighted by Crippen LogP contribution is -2.30. The van der Waals surface area contributed by atoms with Crippen molar-refractivity contribution in [3.63, 3.8) is 0 Å². The SMILES string of the molecule is COC(=O)c1cn(C(=O)CCCCCN2C(=O)c3ccccc3C2=O)c2ccccc12. The van der Waals surface area contributed by atoms with Crippen LogP contribution < -0.4 is 0 Å². The Hall–Kier alpha value is -3.74. The number of nitrogens with zero attached hydrogens (tertiary/aromatic N) is 2. The van der Waals surface area contributed by atoms with Gasteiger partial charge in [0, 0.05) is 24.5 Å². The number of imide groups is 1. The van der Waals surface area contributed by atoms with E-state index in [-0.39, 0.29) is 17.7 Å². The quantitative estimate of drug-likeness (QED) is 0.330. The summed E-state index contributed by atoms with van der Waals surface area (Å²) in [4.78, 5) is 50.8. The molecule has 1 aromatic heterocycles. The molecule has 0 aliphatic carbocycles. The number of esters is 1. The first-order valence-electron chi connectivity index (χ1n) is 10.2. The second-order valence-corrected chi connectivity index (χ2v) is 7.43. The molecule has 0 atom stereocenters. The predicted octanol–water partition coefficient (Wildman–Crippen LogP) is 3.92. The molecule has 2 heterocycles. The smallest absolute Gasteiger partial charge is 0.340 e. The summed E-state index contributed by atoms with van der Waals surface area (Å²) in [6.45, 7) is 0.333. The molecule has 1 aliphatic rings.